The second-order valence-electron chi connectivity index (χ2n) is 8.04. The Labute approximate surface area is 177 Å². The fourth-order valence-corrected chi connectivity index (χ4v) is 4.62. The van der Waals surface area contributed by atoms with E-state index in [2.05, 4.69) is 21.8 Å². The second kappa shape index (κ2) is 8.05. The van der Waals surface area contributed by atoms with Crippen molar-refractivity contribution < 1.29 is 9.59 Å². The topological polar surface area (TPSA) is 69.6 Å². The second-order valence-corrected chi connectivity index (χ2v) is 8.04. The van der Waals surface area contributed by atoms with E-state index in [4.69, 9.17) is 0 Å². The van der Waals surface area contributed by atoms with Crippen molar-refractivity contribution in [3.8, 4) is 0 Å². The van der Waals surface area contributed by atoms with Crippen LogP contribution in [-0.2, 0) is 17.8 Å². The van der Waals surface area contributed by atoms with E-state index in [9.17, 15) is 9.59 Å². The molecule has 2 aromatic rings. The van der Waals surface area contributed by atoms with Gasteiger partial charge < -0.3 is 9.80 Å². The zero-order valence-electron chi connectivity index (χ0n) is 18.0. The maximum atomic E-state index is 13.4. The lowest BCUT2D eigenvalue weighted by molar-refractivity contribution is -0.134. The molecule has 7 heteroatoms. The van der Waals surface area contributed by atoms with E-state index in [1.807, 2.05) is 50.4 Å². The molecule has 2 saturated heterocycles. The van der Waals surface area contributed by atoms with Crippen LogP contribution < -0.4 is 4.90 Å². The van der Waals surface area contributed by atoms with Crippen LogP contribution in [0.2, 0.25) is 0 Å². The van der Waals surface area contributed by atoms with E-state index in [-0.39, 0.29) is 11.9 Å². The number of carbonyl (C=O) groups is 2. The Bertz CT molecular complexity index is 938. The number of urea groups is 1. The third-order valence-corrected chi connectivity index (χ3v) is 6.35. The van der Waals surface area contributed by atoms with Crippen LogP contribution in [0, 0.1) is 6.92 Å². The molecular formula is C23H29N5O2. The molecule has 7 nitrogen and oxygen atoms in total. The van der Waals surface area contributed by atoms with Crippen LogP contribution in [-0.4, -0.2) is 56.9 Å². The molecule has 1 spiro atoms. The number of imide groups is 1. The highest BCUT2D eigenvalue weighted by atomic mass is 16.2. The van der Waals surface area contributed by atoms with Crippen molar-refractivity contribution in [2.24, 2.45) is 0 Å². The number of nitrogens with zero attached hydrogens (tertiary/aromatic N) is 5. The number of anilines is 1. The maximum Gasteiger partial charge on any atom is 0.327 e. The lowest BCUT2D eigenvalue weighted by atomic mass is 9.85. The van der Waals surface area contributed by atoms with Crippen molar-refractivity contribution in [1.82, 2.24) is 19.8 Å². The highest BCUT2D eigenvalue weighted by Crippen LogP contribution is 2.39. The average molecular weight is 408 g/mol. The Hall–Kier alpha value is -2.96. The number of rotatable bonds is 5. The minimum absolute atomic E-state index is 0.0554. The molecule has 0 unspecified atom stereocenters. The minimum atomic E-state index is -0.770. The zero-order valence-corrected chi connectivity index (χ0v) is 18.0. The van der Waals surface area contributed by atoms with Gasteiger partial charge in [-0.1, -0.05) is 37.3 Å². The van der Waals surface area contributed by atoms with E-state index in [1.54, 1.807) is 4.90 Å². The Morgan fingerprint density at radius 2 is 1.77 bits per heavy atom. The minimum Gasteiger partial charge on any atom is -0.356 e. The molecule has 3 amide bonds. The van der Waals surface area contributed by atoms with Gasteiger partial charge in [0.05, 0.1) is 0 Å². The van der Waals surface area contributed by atoms with Gasteiger partial charge in [0.2, 0.25) is 0 Å². The number of aryl methyl sites for hydroxylation is 2. The maximum absolute atomic E-state index is 13.4. The fraction of sp³-hybridized carbons (Fsp3) is 0.478. The van der Waals surface area contributed by atoms with Crippen molar-refractivity contribution in [3.05, 3.63) is 53.5 Å². The molecule has 3 heterocycles. The third kappa shape index (κ3) is 3.32. The summed E-state index contributed by atoms with van der Waals surface area (Å²) in [5.41, 5.74) is 1.38. The molecule has 2 aliphatic rings. The van der Waals surface area contributed by atoms with Crippen LogP contribution in [0.3, 0.4) is 0 Å². The van der Waals surface area contributed by atoms with Crippen LogP contribution in [0.15, 0.2) is 36.5 Å². The Balaban J connectivity index is 1.61. The normalized spacial score (nSPS) is 18.6. The molecule has 2 aliphatic heterocycles. The van der Waals surface area contributed by atoms with Crippen molar-refractivity contribution in [3.63, 3.8) is 0 Å². The molecule has 1 aromatic carbocycles. The van der Waals surface area contributed by atoms with Gasteiger partial charge in [0.1, 0.15) is 17.2 Å². The van der Waals surface area contributed by atoms with E-state index >= 15 is 0 Å². The highest BCUT2D eigenvalue weighted by Gasteiger charge is 2.57. The van der Waals surface area contributed by atoms with Crippen LogP contribution in [0.5, 0.6) is 0 Å². The van der Waals surface area contributed by atoms with Crippen molar-refractivity contribution >= 4 is 17.8 Å². The Morgan fingerprint density at radius 3 is 2.40 bits per heavy atom. The van der Waals surface area contributed by atoms with Crippen LogP contribution in [0.4, 0.5) is 10.6 Å². The molecule has 4 rings (SSSR count). The molecule has 2 fully saturated rings. The van der Waals surface area contributed by atoms with Crippen molar-refractivity contribution in [2.75, 3.05) is 24.5 Å². The Morgan fingerprint density at radius 1 is 1.07 bits per heavy atom. The third-order valence-electron chi connectivity index (χ3n) is 6.35. The molecule has 30 heavy (non-hydrogen) atoms. The van der Waals surface area contributed by atoms with Crippen LogP contribution >= 0.6 is 0 Å². The Kier molecular flexibility index (Phi) is 5.45. The molecule has 0 N–H and O–H groups in total. The molecule has 0 radical (unpaired) electrons. The monoisotopic (exact) mass is 407 g/mol. The predicted octanol–water partition coefficient (Wildman–Crippen LogP) is 3.17. The fourth-order valence-electron chi connectivity index (χ4n) is 4.62. The number of likely N-dealkylation sites (N-methyl/N-ethyl adjacent to an activating group) is 1. The largest absolute Gasteiger partial charge is 0.356 e. The summed E-state index contributed by atoms with van der Waals surface area (Å²) in [6.07, 6.45) is 3.96. The summed E-state index contributed by atoms with van der Waals surface area (Å²) >= 11 is 0. The summed E-state index contributed by atoms with van der Waals surface area (Å²) in [4.78, 5) is 40.9. The van der Waals surface area contributed by atoms with Gasteiger partial charge >= 0.3 is 6.03 Å². The van der Waals surface area contributed by atoms with E-state index < -0.39 is 5.54 Å². The summed E-state index contributed by atoms with van der Waals surface area (Å²) in [5, 5.41) is 0. The SMILES string of the molecule is CCc1cnc(C)nc1N1CCC2(CC1)C(=O)N(CC)C(=O)N2Cc1ccccc1. The van der Waals surface area contributed by atoms with Gasteiger partial charge in [-0.15, -0.1) is 0 Å². The standard InChI is InChI=1S/C23H29N5O2/c1-4-19-15-24-17(3)25-20(19)26-13-11-23(12-14-26)21(29)27(5-2)22(30)28(23)16-18-9-7-6-8-10-18/h6-10,15H,4-5,11-14,16H2,1-3H3. The van der Waals surface area contributed by atoms with Gasteiger partial charge in [-0.05, 0) is 38.7 Å². The average Bonchev–Trinajstić information content (AvgIpc) is 2.96. The number of carbonyl (C=O) groups excluding carboxylic acids is 2. The quantitative estimate of drug-likeness (QED) is 0.712. The first-order valence-corrected chi connectivity index (χ1v) is 10.7. The summed E-state index contributed by atoms with van der Waals surface area (Å²) in [6.45, 7) is 8.09. The van der Waals surface area contributed by atoms with Crippen molar-refractivity contribution in [2.45, 2.75) is 52.1 Å². The first-order valence-electron chi connectivity index (χ1n) is 10.7. The van der Waals surface area contributed by atoms with Gasteiger partial charge in [-0.25, -0.2) is 14.8 Å². The number of amides is 3. The lowest BCUT2D eigenvalue weighted by Gasteiger charge is -2.43. The number of piperidine rings is 1. The first-order chi connectivity index (χ1) is 14.5. The van der Waals surface area contributed by atoms with E-state index in [1.165, 1.54) is 4.90 Å². The predicted molar refractivity (Wildman–Crippen MR) is 115 cm³/mol. The van der Waals surface area contributed by atoms with Gasteiger partial charge in [0.25, 0.3) is 5.91 Å². The number of aromatic nitrogens is 2. The number of hydrogen-bond acceptors (Lipinski definition) is 5. The lowest BCUT2D eigenvalue weighted by Crippen LogP contribution is -2.56. The van der Waals surface area contributed by atoms with Gasteiger partial charge in [0.15, 0.2) is 0 Å². The molecular weight excluding hydrogens is 378 g/mol. The summed E-state index contributed by atoms with van der Waals surface area (Å²) < 4.78 is 0. The smallest absolute Gasteiger partial charge is 0.327 e. The van der Waals surface area contributed by atoms with E-state index in [0.29, 0.717) is 39.0 Å². The number of benzene rings is 1. The number of hydrogen-bond donors (Lipinski definition) is 0. The van der Waals surface area contributed by atoms with Gasteiger partial charge in [-0.2, -0.15) is 0 Å². The van der Waals surface area contributed by atoms with Crippen LogP contribution in [0.1, 0.15) is 43.6 Å². The van der Waals surface area contributed by atoms with E-state index in [0.717, 1.165) is 29.2 Å². The molecule has 0 saturated carbocycles. The van der Waals surface area contributed by atoms with Gasteiger partial charge in [0, 0.05) is 37.9 Å². The molecule has 0 bridgehead atoms. The summed E-state index contributed by atoms with van der Waals surface area (Å²) in [6, 6.07) is 9.73. The van der Waals surface area contributed by atoms with Crippen molar-refractivity contribution in [1.29, 1.82) is 0 Å². The van der Waals surface area contributed by atoms with Gasteiger partial charge in [-0.3, -0.25) is 9.69 Å². The zero-order chi connectivity index (χ0) is 21.3. The first kappa shape index (κ1) is 20.3. The molecule has 0 atom stereocenters. The highest BCUT2D eigenvalue weighted by molar-refractivity contribution is 6.07. The molecule has 158 valence electrons. The molecule has 1 aromatic heterocycles. The summed E-state index contributed by atoms with van der Waals surface area (Å²) in [7, 11) is 0. The van der Waals surface area contributed by atoms with Crippen LogP contribution in [0.25, 0.3) is 0 Å². The molecule has 0 aliphatic carbocycles. The summed E-state index contributed by atoms with van der Waals surface area (Å²) in [5.74, 6) is 1.65.